The van der Waals surface area contributed by atoms with Crippen LogP contribution in [0.25, 0.3) is 11.2 Å². The lowest BCUT2D eigenvalue weighted by atomic mass is 10.2. The van der Waals surface area contributed by atoms with Crippen molar-refractivity contribution in [3.63, 3.8) is 0 Å². The van der Waals surface area contributed by atoms with E-state index in [0.717, 1.165) is 0 Å². The van der Waals surface area contributed by atoms with Crippen molar-refractivity contribution in [2.75, 3.05) is 12.3 Å². The van der Waals surface area contributed by atoms with Crippen LogP contribution in [0.2, 0.25) is 0 Å². The van der Waals surface area contributed by atoms with Gasteiger partial charge in [0.25, 0.3) is 0 Å². The highest BCUT2D eigenvalue weighted by atomic mass is 32.1. The van der Waals surface area contributed by atoms with Crippen molar-refractivity contribution in [3.05, 3.63) is 36.2 Å². The van der Waals surface area contributed by atoms with Crippen LogP contribution in [0.1, 0.15) is 5.56 Å². The number of fused-ring (bicyclic) bond motifs is 1. The number of nitrogens with zero attached hydrogens (tertiary/aromatic N) is 5. The molecular weight excluding hydrogens is 300 g/mol. The minimum atomic E-state index is 0.326. The van der Waals surface area contributed by atoms with E-state index in [1.807, 2.05) is 0 Å². The number of hydrogen-bond acceptors (Lipinski definition) is 7. The number of aromatic nitrogens is 4. The average Bonchev–Trinajstić information content (AvgIpc) is 2.86. The molecule has 0 fully saturated rings. The molecule has 2 aromatic heterocycles. The van der Waals surface area contributed by atoms with Crippen LogP contribution < -0.4 is 10.5 Å². The molecule has 0 aliphatic heterocycles. The summed E-state index contributed by atoms with van der Waals surface area (Å²) in [6, 6.07) is 8.99. The standard InChI is InChI=1S/C14H12N6OS/c15-7-9-1-3-10(4-2-9)21-6-5-20-13-11(19-14(20)22)12(16)17-8-18-13/h1-4,8H,5-6H2,(H,19,22)(H2,16,17,18). The summed E-state index contributed by atoms with van der Waals surface area (Å²) in [5, 5.41) is 9.26. The van der Waals surface area contributed by atoms with Gasteiger partial charge in [-0.15, -0.1) is 12.6 Å². The number of hydrogen-bond donors (Lipinski definition) is 2. The number of ether oxygens (including phenoxy) is 1. The van der Waals surface area contributed by atoms with E-state index in [1.54, 1.807) is 28.8 Å². The van der Waals surface area contributed by atoms with Gasteiger partial charge < -0.3 is 15.0 Å². The van der Waals surface area contributed by atoms with Crippen molar-refractivity contribution in [2.45, 2.75) is 11.7 Å². The van der Waals surface area contributed by atoms with E-state index < -0.39 is 0 Å². The average molecular weight is 312 g/mol. The predicted octanol–water partition coefficient (Wildman–Crippen LogP) is 1.65. The molecule has 2 N–H and O–H groups in total. The Balaban J connectivity index is 1.73. The Morgan fingerprint density at radius 3 is 2.77 bits per heavy atom. The lowest BCUT2D eigenvalue weighted by molar-refractivity contribution is 0.295. The highest BCUT2D eigenvalue weighted by Gasteiger charge is 2.12. The largest absolute Gasteiger partial charge is 0.492 e. The molecule has 3 rings (SSSR count). The molecule has 22 heavy (non-hydrogen) atoms. The topological polar surface area (TPSA) is 103 Å². The Morgan fingerprint density at radius 2 is 2.05 bits per heavy atom. The Hall–Kier alpha value is -2.79. The second-order valence-electron chi connectivity index (χ2n) is 4.48. The van der Waals surface area contributed by atoms with Gasteiger partial charge in [-0.1, -0.05) is 0 Å². The summed E-state index contributed by atoms with van der Waals surface area (Å²) < 4.78 is 7.45. The fourth-order valence-electron chi connectivity index (χ4n) is 2.03. The highest BCUT2D eigenvalue weighted by molar-refractivity contribution is 7.80. The minimum absolute atomic E-state index is 0.326. The molecule has 0 saturated carbocycles. The smallest absolute Gasteiger partial charge is 0.167 e. The summed E-state index contributed by atoms with van der Waals surface area (Å²) in [6.07, 6.45) is 1.39. The van der Waals surface area contributed by atoms with Gasteiger partial charge in [-0.3, -0.25) is 0 Å². The van der Waals surface area contributed by atoms with Gasteiger partial charge in [-0.25, -0.2) is 15.0 Å². The van der Waals surface area contributed by atoms with Crippen LogP contribution in [0.15, 0.2) is 35.7 Å². The molecule has 0 radical (unpaired) electrons. The van der Waals surface area contributed by atoms with Crippen molar-refractivity contribution < 1.29 is 4.74 Å². The maximum absolute atomic E-state index is 8.75. The first-order valence-corrected chi connectivity index (χ1v) is 6.92. The normalized spacial score (nSPS) is 10.5. The van der Waals surface area contributed by atoms with Gasteiger partial charge in [0, 0.05) is 0 Å². The third kappa shape index (κ3) is 2.66. The number of thiol groups is 1. The number of imidazole rings is 1. The van der Waals surface area contributed by atoms with Crippen molar-refractivity contribution in [2.24, 2.45) is 0 Å². The first-order valence-electron chi connectivity index (χ1n) is 6.47. The number of nitriles is 1. The molecule has 0 amide bonds. The Morgan fingerprint density at radius 1 is 1.27 bits per heavy atom. The zero-order valence-corrected chi connectivity index (χ0v) is 12.4. The van der Waals surface area contributed by atoms with Gasteiger partial charge in [0.15, 0.2) is 22.1 Å². The highest BCUT2D eigenvalue weighted by Crippen LogP contribution is 2.20. The molecule has 0 atom stereocenters. The summed E-state index contributed by atoms with van der Waals surface area (Å²) in [6.45, 7) is 0.931. The third-order valence-corrected chi connectivity index (χ3v) is 3.45. The van der Waals surface area contributed by atoms with E-state index in [-0.39, 0.29) is 0 Å². The fourth-order valence-corrected chi connectivity index (χ4v) is 2.32. The Kier molecular flexibility index (Phi) is 3.80. The van der Waals surface area contributed by atoms with Crippen LogP contribution in [-0.4, -0.2) is 26.1 Å². The van der Waals surface area contributed by atoms with Gasteiger partial charge >= 0.3 is 0 Å². The monoisotopic (exact) mass is 312 g/mol. The third-order valence-electron chi connectivity index (χ3n) is 3.11. The molecule has 0 bridgehead atoms. The van der Waals surface area contributed by atoms with E-state index in [1.165, 1.54) is 6.33 Å². The first-order chi connectivity index (χ1) is 10.7. The summed E-state index contributed by atoms with van der Waals surface area (Å²) in [5.41, 5.74) is 7.52. The zero-order chi connectivity index (χ0) is 15.5. The number of rotatable bonds is 4. The molecule has 7 nitrogen and oxygen atoms in total. The van der Waals surface area contributed by atoms with Gasteiger partial charge in [0.1, 0.15) is 18.7 Å². The number of nitrogen functional groups attached to an aromatic ring is 1. The first kappa shape index (κ1) is 14.2. The van der Waals surface area contributed by atoms with Crippen LogP contribution in [-0.2, 0) is 6.54 Å². The maximum Gasteiger partial charge on any atom is 0.167 e. The molecule has 0 spiro atoms. The summed E-state index contributed by atoms with van der Waals surface area (Å²) in [5.74, 6) is 1.02. The molecule has 110 valence electrons. The van der Waals surface area contributed by atoms with E-state index in [4.69, 9.17) is 15.7 Å². The van der Waals surface area contributed by atoms with E-state index in [2.05, 4.69) is 33.6 Å². The SMILES string of the molecule is N#Cc1ccc(OCCn2c(S)nc3c(N)ncnc32)cc1. The second kappa shape index (κ2) is 5.91. The number of benzene rings is 1. The fraction of sp³-hybridized carbons (Fsp3) is 0.143. The van der Waals surface area contributed by atoms with Gasteiger partial charge in [0.05, 0.1) is 18.2 Å². The summed E-state index contributed by atoms with van der Waals surface area (Å²) >= 11 is 4.33. The van der Waals surface area contributed by atoms with Crippen LogP contribution >= 0.6 is 12.6 Å². The molecule has 3 aromatic rings. The van der Waals surface area contributed by atoms with Gasteiger partial charge in [-0.05, 0) is 24.3 Å². The maximum atomic E-state index is 8.75. The Labute approximate surface area is 131 Å². The van der Waals surface area contributed by atoms with Crippen LogP contribution in [0.5, 0.6) is 5.75 Å². The van der Waals surface area contributed by atoms with Crippen molar-refractivity contribution >= 4 is 29.6 Å². The van der Waals surface area contributed by atoms with Crippen molar-refractivity contribution in [1.82, 2.24) is 19.5 Å². The number of anilines is 1. The molecule has 1 aromatic carbocycles. The quantitative estimate of drug-likeness (QED) is 0.710. The second-order valence-corrected chi connectivity index (χ2v) is 4.88. The summed E-state index contributed by atoms with van der Waals surface area (Å²) in [7, 11) is 0. The van der Waals surface area contributed by atoms with E-state index >= 15 is 0 Å². The summed E-state index contributed by atoms with van der Waals surface area (Å²) in [4.78, 5) is 12.3. The molecule has 8 heteroatoms. The zero-order valence-electron chi connectivity index (χ0n) is 11.5. The molecule has 0 aliphatic carbocycles. The van der Waals surface area contributed by atoms with Crippen molar-refractivity contribution in [3.8, 4) is 11.8 Å². The number of nitrogens with two attached hydrogens (primary N) is 1. The van der Waals surface area contributed by atoms with Gasteiger partial charge in [-0.2, -0.15) is 5.26 Å². The molecule has 0 saturated heterocycles. The van der Waals surface area contributed by atoms with E-state index in [0.29, 0.717) is 46.6 Å². The van der Waals surface area contributed by atoms with Gasteiger partial charge in [0.2, 0.25) is 0 Å². The van der Waals surface area contributed by atoms with Crippen molar-refractivity contribution in [1.29, 1.82) is 5.26 Å². The minimum Gasteiger partial charge on any atom is -0.492 e. The lowest BCUT2D eigenvalue weighted by Gasteiger charge is -2.08. The lowest BCUT2D eigenvalue weighted by Crippen LogP contribution is -2.09. The Bertz CT molecular complexity index is 852. The van der Waals surface area contributed by atoms with Crippen LogP contribution in [0.4, 0.5) is 5.82 Å². The molecule has 0 unspecified atom stereocenters. The van der Waals surface area contributed by atoms with Crippen LogP contribution in [0, 0.1) is 11.3 Å². The van der Waals surface area contributed by atoms with Crippen LogP contribution in [0.3, 0.4) is 0 Å². The van der Waals surface area contributed by atoms with E-state index in [9.17, 15) is 0 Å². The molecule has 0 aliphatic rings. The molecule has 2 heterocycles. The predicted molar refractivity (Wildman–Crippen MR) is 83.6 cm³/mol. The molecular formula is C14H12N6OS.